The van der Waals surface area contributed by atoms with Crippen LogP contribution in [-0.2, 0) is 18.9 Å². The first-order valence-corrected chi connectivity index (χ1v) is 11.0. The van der Waals surface area contributed by atoms with Gasteiger partial charge in [0, 0.05) is 63.3 Å². The maximum absolute atomic E-state index is 11.8. The second-order valence-electron chi connectivity index (χ2n) is 8.40. The first-order chi connectivity index (χ1) is 16.0. The average Bonchev–Trinajstić information content (AvgIpc) is 3.46. The molecular formula is C24H26N8O. The lowest BCUT2D eigenvalue weighted by molar-refractivity contribution is -0.123. The van der Waals surface area contributed by atoms with Crippen LogP contribution < -0.4 is 10.6 Å². The number of carbonyl (C=O) groups is 1. The Kier molecular flexibility index (Phi) is 5.60. The van der Waals surface area contributed by atoms with Gasteiger partial charge in [0.2, 0.25) is 5.91 Å². The Bertz CT molecular complexity index is 1290. The van der Waals surface area contributed by atoms with Crippen molar-refractivity contribution in [2.45, 2.75) is 12.8 Å². The van der Waals surface area contributed by atoms with Crippen LogP contribution in [0.3, 0.4) is 0 Å². The molecule has 2 N–H and O–H groups in total. The highest BCUT2D eigenvalue weighted by atomic mass is 16.1. The van der Waals surface area contributed by atoms with E-state index >= 15 is 0 Å². The molecule has 168 valence electrons. The molecule has 1 atom stereocenters. The summed E-state index contributed by atoms with van der Waals surface area (Å²) in [4.78, 5) is 21.3. The van der Waals surface area contributed by atoms with E-state index in [9.17, 15) is 4.79 Å². The van der Waals surface area contributed by atoms with Crippen LogP contribution in [0, 0.1) is 5.92 Å². The van der Waals surface area contributed by atoms with Crippen molar-refractivity contribution in [3.63, 3.8) is 0 Å². The molecule has 3 aromatic heterocycles. The average molecular weight is 443 g/mol. The summed E-state index contributed by atoms with van der Waals surface area (Å²) < 4.78 is 3.55. The van der Waals surface area contributed by atoms with Gasteiger partial charge >= 0.3 is 0 Å². The highest BCUT2D eigenvalue weighted by Crippen LogP contribution is 2.29. The number of rotatable bonds is 6. The van der Waals surface area contributed by atoms with Crippen LogP contribution >= 0.6 is 0 Å². The molecule has 4 aromatic rings. The van der Waals surface area contributed by atoms with E-state index in [4.69, 9.17) is 4.98 Å². The molecule has 1 saturated heterocycles. The molecule has 1 aliphatic heterocycles. The van der Waals surface area contributed by atoms with Crippen molar-refractivity contribution in [3.8, 4) is 33.8 Å². The minimum atomic E-state index is 0.105. The molecule has 33 heavy (non-hydrogen) atoms. The fourth-order valence-corrected chi connectivity index (χ4v) is 4.08. The van der Waals surface area contributed by atoms with Gasteiger partial charge in [-0.15, -0.1) is 0 Å². The van der Waals surface area contributed by atoms with E-state index in [-0.39, 0.29) is 11.8 Å². The van der Waals surface area contributed by atoms with Crippen LogP contribution in [0.4, 0.5) is 5.82 Å². The lowest BCUT2D eigenvalue weighted by Gasteiger charge is -2.23. The number of aromatic nitrogens is 6. The van der Waals surface area contributed by atoms with Gasteiger partial charge in [-0.3, -0.25) is 14.2 Å². The van der Waals surface area contributed by atoms with Gasteiger partial charge in [0.15, 0.2) is 5.82 Å². The Morgan fingerprint density at radius 1 is 1.12 bits per heavy atom. The van der Waals surface area contributed by atoms with Crippen molar-refractivity contribution in [2.75, 3.05) is 18.4 Å². The van der Waals surface area contributed by atoms with E-state index in [0.29, 0.717) is 25.3 Å². The lowest BCUT2D eigenvalue weighted by Crippen LogP contribution is -2.36. The monoisotopic (exact) mass is 442 g/mol. The molecule has 9 heteroatoms. The van der Waals surface area contributed by atoms with Gasteiger partial charge in [0.25, 0.3) is 0 Å². The Morgan fingerprint density at radius 2 is 2.00 bits per heavy atom. The second-order valence-corrected chi connectivity index (χ2v) is 8.40. The third-order valence-corrected chi connectivity index (χ3v) is 5.84. The van der Waals surface area contributed by atoms with Crippen LogP contribution in [-0.4, -0.2) is 48.5 Å². The third-order valence-electron chi connectivity index (χ3n) is 5.84. The van der Waals surface area contributed by atoms with Crippen molar-refractivity contribution >= 4 is 11.7 Å². The molecular weight excluding hydrogens is 416 g/mol. The molecule has 1 fully saturated rings. The Morgan fingerprint density at radius 3 is 2.76 bits per heavy atom. The molecule has 0 aliphatic carbocycles. The molecule has 0 radical (unpaired) electrons. The third kappa shape index (κ3) is 4.62. The molecule has 9 nitrogen and oxygen atoms in total. The summed E-state index contributed by atoms with van der Waals surface area (Å²) >= 11 is 0. The minimum Gasteiger partial charge on any atom is -0.369 e. The van der Waals surface area contributed by atoms with Crippen molar-refractivity contribution in [2.24, 2.45) is 20.0 Å². The topological polar surface area (TPSA) is 103 Å². The standard InChI is InChI=1S/C24H26N8O/c1-31-9-7-21(30-31)20-14-27-23(29-24(20)26-12-16-6-8-25-22(33)10-16)18-5-3-4-17(11-18)19-13-28-32(2)15-19/h3-5,7,9,11,13-16H,6,8,10,12H2,1-2H3,(H,25,33)(H,26,27,29). The van der Waals surface area contributed by atoms with Gasteiger partial charge in [-0.25, -0.2) is 9.97 Å². The minimum absolute atomic E-state index is 0.105. The number of hydrogen-bond acceptors (Lipinski definition) is 6. The van der Waals surface area contributed by atoms with E-state index in [1.807, 2.05) is 57.1 Å². The maximum atomic E-state index is 11.8. The Hall–Kier alpha value is -4.01. The van der Waals surface area contributed by atoms with E-state index < -0.39 is 0 Å². The largest absolute Gasteiger partial charge is 0.369 e. The van der Waals surface area contributed by atoms with E-state index in [2.05, 4.69) is 37.9 Å². The van der Waals surface area contributed by atoms with E-state index in [0.717, 1.165) is 40.2 Å². The highest BCUT2D eigenvalue weighted by Gasteiger charge is 2.20. The van der Waals surface area contributed by atoms with Crippen LogP contribution in [0.15, 0.2) is 55.1 Å². The molecule has 0 saturated carbocycles. The summed E-state index contributed by atoms with van der Waals surface area (Å²) in [6, 6.07) is 10.1. The maximum Gasteiger partial charge on any atom is 0.220 e. The zero-order valence-corrected chi connectivity index (χ0v) is 18.7. The van der Waals surface area contributed by atoms with Crippen molar-refractivity contribution in [3.05, 3.63) is 55.1 Å². The van der Waals surface area contributed by atoms with Gasteiger partial charge in [-0.05, 0) is 30.0 Å². The summed E-state index contributed by atoms with van der Waals surface area (Å²) in [6.07, 6.45) is 9.02. The molecule has 0 spiro atoms. The van der Waals surface area contributed by atoms with Gasteiger partial charge in [0.05, 0.1) is 17.5 Å². The summed E-state index contributed by atoms with van der Waals surface area (Å²) in [5.74, 6) is 1.72. The number of anilines is 1. The SMILES string of the molecule is Cn1cc(-c2cccc(-c3ncc(-c4ccn(C)n4)c(NCC4CCNC(=O)C4)n3)c2)cn1. The lowest BCUT2D eigenvalue weighted by atomic mass is 9.97. The molecule has 1 aromatic carbocycles. The van der Waals surface area contributed by atoms with E-state index in [1.165, 1.54) is 0 Å². The normalized spacial score (nSPS) is 15.9. The molecule has 4 heterocycles. The zero-order valence-electron chi connectivity index (χ0n) is 18.7. The predicted molar refractivity (Wildman–Crippen MR) is 126 cm³/mol. The Balaban J connectivity index is 1.47. The molecule has 0 bridgehead atoms. The number of aryl methyl sites for hydroxylation is 2. The van der Waals surface area contributed by atoms with Gasteiger partial charge in [0.1, 0.15) is 5.82 Å². The Labute approximate surface area is 191 Å². The summed E-state index contributed by atoms with van der Waals surface area (Å²) in [6.45, 7) is 1.38. The summed E-state index contributed by atoms with van der Waals surface area (Å²) in [5, 5.41) is 15.2. The summed E-state index contributed by atoms with van der Waals surface area (Å²) in [5.41, 5.74) is 4.66. The van der Waals surface area contributed by atoms with Crippen molar-refractivity contribution in [1.82, 2.24) is 34.8 Å². The molecule has 5 rings (SSSR count). The van der Waals surface area contributed by atoms with E-state index in [1.54, 1.807) is 9.36 Å². The number of hydrogen-bond donors (Lipinski definition) is 2. The smallest absolute Gasteiger partial charge is 0.220 e. The van der Waals surface area contributed by atoms with Crippen LogP contribution in [0.2, 0.25) is 0 Å². The fraction of sp³-hybridized carbons (Fsp3) is 0.292. The number of amides is 1. The van der Waals surface area contributed by atoms with Crippen LogP contribution in [0.1, 0.15) is 12.8 Å². The van der Waals surface area contributed by atoms with Gasteiger partial charge < -0.3 is 10.6 Å². The predicted octanol–water partition coefficient (Wildman–Crippen LogP) is 2.88. The van der Waals surface area contributed by atoms with Crippen LogP contribution in [0.5, 0.6) is 0 Å². The zero-order chi connectivity index (χ0) is 22.8. The number of benzene rings is 1. The number of carbonyl (C=O) groups excluding carboxylic acids is 1. The molecule has 1 unspecified atom stereocenters. The van der Waals surface area contributed by atoms with Crippen molar-refractivity contribution in [1.29, 1.82) is 0 Å². The summed E-state index contributed by atoms with van der Waals surface area (Å²) in [7, 11) is 3.79. The van der Waals surface area contributed by atoms with Gasteiger partial charge in [-0.1, -0.05) is 18.2 Å². The number of piperidine rings is 1. The first-order valence-electron chi connectivity index (χ1n) is 11.0. The number of nitrogens with one attached hydrogen (secondary N) is 2. The second kappa shape index (κ2) is 8.85. The van der Waals surface area contributed by atoms with Crippen LogP contribution in [0.25, 0.3) is 33.8 Å². The number of nitrogens with zero attached hydrogens (tertiary/aromatic N) is 6. The van der Waals surface area contributed by atoms with Gasteiger partial charge in [-0.2, -0.15) is 10.2 Å². The molecule has 1 aliphatic rings. The molecule has 1 amide bonds. The first kappa shape index (κ1) is 20.9. The highest BCUT2D eigenvalue weighted by molar-refractivity contribution is 5.77. The van der Waals surface area contributed by atoms with Crippen molar-refractivity contribution < 1.29 is 4.79 Å². The fourth-order valence-electron chi connectivity index (χ4n) is 4.08. The quantitative estimate of drug-likeness (QED) is 0.476.